The van der Waals surface area contributed by atoms with Crippen molar-refractivity contribution >= 4 is 38.7 Å². The van der Waals surface area contributed by atoms with Crippen LogP contribution in [0.4, 0.5) is 0 Å². The van der Waals surface area contributed by atoms with Crippen LogP contribution < -0.4 is 5.32 Å². The average Bonchev–Trinajstić information content (AvgIpc) is 3.29. The fourth-order valence-corrected chi connectivity index (χ4v) is 4.18. The van der Waals surface area contributed by atoms with Crippen LogP contribution in [0.2, 0.25) is 0 Å². The highest BCUT2D eigenvalue weighted by molar-refractivity contribution is 7.20. The van der Waals surface area contributed by atoms with Crippen molar-refractivity contribution < 1.29 is 4.79 Å². The maximum Gasteiger partial charge on any atom is 0.261 e. The van der Waals surface area contributed by atoms with Crippen molar-refractivity contribution in [2.75, 3.05) is 0 Å². The Labute approximate surface area is 147 Å². The zero-order chi connectivity index (χ0) is 16.4. The van der Waals surface area contributed by atoms with Crippen LogP contribution in [0, 0.1) is 0 Å². The van der Waals surface area contributed by atoms with Gasteiger partial charge in [0.25, 0.3) is 5.91 Å². The first-order valence-electron chi connectivity index (χ1n) is 7.53. The lowest BCUT2D eigenvalue weighted by Gasteiger charge is -2.05. The largest absolute Gasteiger partial charge is 0.347 e. The number of carbonyl (C=O) groups is 1. The van der Waals surface area contributed by atoms with Crippen LogP contribution in [-0.4, -0.2) is 10.9 Å². The topological polar surface area (TPSA) is 42.0 Å². The first-order valence-corrected chi connectivity index (χ1v) is 9.29. The number of aromatic nitrogens is 1. The van der Waals surface area contributed by atoms with Gasteiger partial charge in [-0.25, -0.2) is 0 Å². The third kappa shape index (κ3) is 3.09. The van der Waals surface area contributed by atoms with E-state index in [1.165, 1.54) is 11.3 Å². The second-order valence-electron chi connectivity index (χ2n) is 5.43. The van der Waals surface area contributed by atoms with Crippen molar-refractivity contribution in [3.8, 4) is 11.1 Å². The van der Waals surface area contributed by atoms with Gasteiger partial charge in [-0.15, -0.1) is 11.3 Å². The SMILES string of the molecule is O=C(NCc1cncc(-c2ccsc2)c1)c1cc2ccccc2s1. The van der Waals surface area contributed by atoms with E-state index in [0.29, 0.717) is 6.54 Å². The van der Waals surface area contributed by atoms with Crippen LogP contribution >= 0.6 is 22.7 Å². The number of pyridine rings is 1. The van der Waals surface area contributed by atoms with Crippen LogP contribution in [0.3, 0.4) is 0 Å². The van der Waals surface area contributed by atoms with Crippen molar-refractivity contribution in [1.29, 1.82) is 0 Å². The lowest BCUT2D eigenvalue weighted by molar-refractivity contribution is 0.0955. The Hall–Kier alpha value is -2.50. The molecule has 1 N–H and O–H groups in total. The van der Waals surface area contributed by atoms with E-state index < -0.39 is 0 Å². The zero-order valence-corrected chi connectivity index (χ0v) is 14.4. The highest BCUT2D eigenvalue weighted by atomic mass is 32.1. The van der Waals surface area contributed by atoms with Crippen LogP contribution in [0.1, 0.15) is 15.2 Å². The molecule has 4 aromatic rings. The number of nitrogens with zero attached hydrogens (tertiary/aromatic N) is 1. The molecule has 3 heterocycles. The van der Waals surface area contributed by atoms with E-state index in [1.54, 1.807) is 17.5 Å². The van der Waals surface area contributed by atoms with Gasteiger partial charge < -0.3 is 5.32 Å². The normalized spacial score (nSPS) is 10.8. The lowest BCUT2D eigenvalue weighted by Crippen LogP contribution is -2.21. The molecule has 4 rings (SSSR count). The van der Waals surface area contributed by atoms with Gasteiger partial charge in [0.05, 0.1) is 4.88 Å². The standard InChI is InChI=1S/C19H14N2OS2/c22-19(18-8-14-3-1-2-4-17(14)24-18)21-10-13-7-16(11-20-9-13)15-5-6-23-12-15/h1-9,11-12H,10H2,(H,21,22). The number of thiophene rings is 2. The van der Waals surface area contributed by atoms with Gasteiger partial charge in [-0.2, -0.15) is 11.3 Å². The van der Waals surface area contributed by atoms with Gasteiger partial charge in [0.15, 0.2) is 0 Å². The van der Waals surface area contributed by atoms with Crippen molar-refractivity contribution in [3.63, 3.8) is 0 Å². The lowest BCUT2D eigenvalue weighted by atomic mass is 10.1. The number of hydrogen-bond donors (Lipinski definition) is 1. The third-order valence-corrected chi connectivity index (χ3v) is 5.55. The second kappa shape index (κ2) is 6.55. The number of benzene rings is 1. The molecule has 1 amide bonds. The number of nitrogens with one attached hydrogen (secondary N) is 1. The molecule has 0 saturated carbocycles. The van der Waals surface area contributed by atoms with Crippen molar-refractivity contribution in [2.24, 2.45) is 0 Å². The van der Waals surface area contributed by atoms with E-state index in [-0.39, 0.29) is 5.91 Å². The molecule has 1 aromatic carbocycles. The molecule has 0 aliphatic carbocycles. The second-order valence-corrected chi connectivity index (χ2v) is 7.29. The van der Waals surface area contributed by atoms with Gasteiger partial charge in [-0.1, -0.05) is 18.2 Å². The summed E-state index contributed by atoms with van der Waals surface area (Å²) < 4.78 is 1.13. The molecule has 0 aliphatic heterocycles. The first kappa shape index (κ1) is 15.1. The predicted molar refractivity (Wildman–Crippen MR) is 101 cm³/mol. The molecule has 0 saturated heterocycles. The van der Waals surface area contributed by atoms with Gasteiger partial charge in [-0.05, 0) is 51.5 Å². The fraction of sp³-hybridized carbons (Fsp3) is 0.0526. The number of rotatable bonds is 4. The summed E-state index contributed by atoms with van der Waals surface area (Å²) >= 11 is 3.18. The van der Waals surface area contributed by atoms with Crippen LogP contribution in [0.25, 0.3) is 21.2 Å². The molecule has 3 nitrogen and oxygen atoms in total. The van der Waals surface area contributed by atoms with Crippen LogP contribution in [0.5, 0.6) is 0 Å². The number of fused-ring (bicyclic) bond motifs is 1. The fourth-order valence-electron chi connectivity index (χ4n) is 2.53. The Morgan fingerprint density at radius 1 is 1.08 bits per heavy atom. The van der Waals surface area contributed by atoms with Gasteiger partial charge in [0.2, 0.25) is 0 Å². The summed E-state index contributed by atoms with van der Waals surface area (Å²) in [4.78, 5) is 17.4. The van der Waals surface area contributed by atoms with Crippen molar-refractivity contribution in [2.45, 2.75) is 6.54 Å². The van der Waals surface area contributed by atoms with E-state index in [9.17, 15) is 4.79 Å². The Bertz CT molecular complexity index is 956. The average molecular weight is 350 g/mol. The minimum Gasteiger partial charge on any atom is -0.347 e. The maximum atomic E-state index is 12.4. The Kier molecular flexibility index (Phi) is 4.11. The molecule has 0 atom stereocenters. The molecular weight excluding hydrogens is 336 g/mol. The molecule has 3 aromatic heterocycles. The third-order valence-electron chi connectivity index (χ3n) is 3.75. The smallest absolute Gasteiger partial charge is 0.261 e. The highest BCUT2D eigenvalue weighted by Gasteiger charge is 2.10. The Morgan fingerprint density at radius 2 is 2.00 bits per heavy atom. The Balaban J connectivity index is 1.48. The van der Waals surface area contributed by atoms with Gasteiger partial charge >= 0.3 is 0 Å². The molecule has 0 aliphatic rings. The summed E-state index contributed by atoms with van der Waals surface area (Å²) in [6.07, 6.45) is 3.64. The maximum absolute atomic E-state index is 12.4. The summed E-state index contributed by atoms with van der Waals surface area (Å²) in [5.41, 5.74) is 3.23. The van der Waals surface area contributed by atoms with Crippen molar-refractivity contribution in [1.82, 2.24) is 10.3 Å². The summed E-state index contributed by atoms with van der Waals surface area (Å²) in [5, 5.41) is 8.23. The molecule has 5 heteroatoms. The van der Waals surface area contributed by atoms with Gasteiger partial charge in [-0.3, -0.25) is 9.78 Å². The monoisotopic (exact) mass is 350 g/mol. The highest BCUT2D eigenvalue weighted by Crippen LogP contribution is 2.25. The molecule has 0 spiro atoms. The molecule has 24 heavy (non-hydrogen) atoms. The molecule has 0 unspecified atom stereocenters. The molecule has 0 bridgehead atoms. The molecule has 0 fully saturated rings. The van der Waals surface area contributed by atoms with E-state index in [2.05, 4.69) is 27.8 Å². The van der Waals surface area contributed by atoms with Crippen LogP contribution in [-0.2, 0) is 6.54 Å². The first-order chi connectivity index (χ1) is 11.8. The summed E-state index contributed by atoms with van der Waals surface area (Å²) in [6.45, 7) is 0.470. The van der Waals surface area contributed by atoms with Gasteiger partial charge in [0, 0.05) is 29.2 Å². The summed E-state index contributed by atoms with van der Waals surface area (Å²) in [5.74, 6) is -0.0443. The summed E-state index contributed by atoms with van der Waals surface area (Å²) in [7, 11) is 0. The predicted octanol–water partition coefficient (Wildman–Crippen LogP) is 4.95. The van der Waals surface area contributed by atoms with E-state index in [1.807, 2.05) is 41.9 Å². The van der Waals surface area contributed by atoms with Crippen molar-refractivity contribution in [3.05, 3.63) is 76.1 Å². The Morgan fingerprint density at radius 3 is 2.83 bits per heavy atom. The quantitative estimate of drug-likeness (QED) is 0.565. The minimum atomic E-state index is -0.0443. The van der Waals surface area contributed by atoms with E-state index in [0.717, 1.165) is 31.7 Å². The summed E-state index contributed by atoms with van der Waals surface area (Å²) in [6, 6.07) is 14.1. The molecule has 118 valence electrons. The number of carbonyl (C=O) groups excluding carboxylic acids is 1. The number of amides is 1. The molecular formula is C19H14N2OS2. The van der Waals surface area contributed by atoms with E-state index >= 15 is 0 Å². The van der Waals surface area contributed by atoms with Crippen LogP contribution in [0.15, 0.2) is 65.6 Å². The van der Waals surface area contributed by atoms with E-state index in [4.69, 9.17) is 0 Å². The van der Waals surface area contributed by atoms with Gasteiger partial charge in [0.1, 0.15) is 0 Å². The zero-order valence-electron chi connectivity index (χ0n) is 12.7. The number of hydrogen-bond acceptors (Lipinski definition) is 4. The minimum absolute atomic E-state index is 0.0443. The molecule has 0 radical (unpaired) electrons.